The molecule has 0 unspecified atom stereocenters. The molecule has 2 aromatic rings. The first kappa shape index (κ1) is 20.7. The van der Waals surface area contributed by atoms with Gasteiger partial charge in [0.1, 0.15) is 11.6 Å². The number of hydrogen-bond donors (Lipinski definition) is 1. The maximum absolute atomic E-state index is 12.9. The fraction of sp³-hybridized carbons (Fsp3) is 0.500. The molecule has 152 valence electrons. The van der Waals surface area contributed by atoms with Crippen LogP contribution in [0.25, 0.3) is 0 Å². The van der Waals surface area contributed by atoms with Gasteiger partial charge in [0.15, 0.2) is 0 Å². The van der Waals surface area contributed by atoms with Crippen molar-refractivity contribution in [1.29, 1.82) is 0 Å². The molecule has 0 bridgehead atoms. The Morgan fingerprint density at radius 2 is 1.96 bits per heavy atom. The van der Waals surface area contributed by atoms with Crippen LogP contribution in [0.1, 0.15) is 35.8 Å². The molecular formula is C20H29N5O2S. The van der Waals surface area contributed by atoms with Gasteiger partial charge >= 0.3 is 0 Å². The average Bonchev–Trinajstić information content (AvgIpc) is 2.68. The van der Waals surface area contributed by atoms with Gasteiger partial charge in [-0.05, 0) is 25.5 Å². The van der Waals surface area contributed by atoms with E-state index in [2.05, 4.69) is 5.32 Å². The highest BCUT2D eigenvalue weighted by Crippen LogP contribution is 2.28. The Bertz CT molecular complexity index is 887. The Hall–Kier alpha value is -2.03. The standard InChI is InChI=1S/C20H29N5O2S/c1-21-13-18-12-19(24(2)3)23-20(22-18)17-10-7-11-25(14-17)28(26,27)15-16-8-5-4-6-9-16/h4-6,8-9,12,17,21H,7,10-11,13-15H2,1-3H3/t17-/m1/s1. The summed E-state index contributed by atoms with van der Waals surface area (Å²) in [6, 6.07) is 11.3. The van der Waals surface area contributed by atoms with Crippen molar-refractivity contribution in [3.05, 3.63) is 53.5 Å². The minimum Gasteiger partial charge on any atom is -0.363 e. The molecule has 0 spiro atoms. The van der Waals surface area contributed by atoms with Crippen LogP contribution in [0.4, 0.5) is 5.82 Å². The van der Waals surface area contributed by atoms with E-state index in [0.717, 1.165) is 35.7 Å². The van der Waals surface area contributed by atoms with E-state index in [9.17, 15) is 8.42 Å². The lowest BCUT2D eigenvalue weighted by Gasteiger charge is -2.31. The largest absolute Gasteiger partial charge is 0.363 e. The summed E-state index contributed by atoms with van der Waals surface area (Å²) in [6.45, 7) is 1.65. The lowest BCUT2D eigenvalue weighted by Crippen LogP contribution is -2.40. The first-order chi connectivity index (χ1) is 13.4. The quantitative estimate of drug-likeness (QED) is 0.762. The number of benzene rings is 1. The number of anilines is 1. The van der Waals surface area contributed by atoms with Gasteiger partial charge in [-0.3, -0.25) is 0 Å². The smallest absolute Gasteiger partial charge is 0.218 e. The average molecular weight is 404 g/mol. The summed E-state index contributed by atoms with van der Waals surface area (Å²) in [5.41, 5.74) is 1.73. The molecule has 1 aliphatic heterocycles. The van der Waals surface area contributed by atoms with Crippen molar-refractivity contribution in [1.82, 2.24) is 19.6 Å². The van der Waals surface area contributed by atoms with Gasteiger partial charge in [-0.1, -0.05) is 30.3 Å². The van der Waals surface area contributed by atoms with Crippen LogP contribution < -0.4 is 10.2 Å². The van der Waals surface area contributed by atoms with Crippen molar-refractivity contribution in [2.24, 2.45) is 0 Å². The van der Waals surface area contributed by atoms with Crippen molar-refractivity contribution in [2.45, 2.75) is 31.1 Å². The number of sulfonamides is 1. The molecule has 0 aliphatic carbocycles. The Morgan fingerprint density at radius 3 is 2.64 bits per heavy atom. The van der Waals surface area contributed by atoms with Gasteiger partial charge < -0.3 is 10.2 Å². The molecule has 0 amide bonds. The molecule has 1 saturated heterocycles. The normalized spacial score (nSPS) is 18.2. The lowest BCUT2D eigenvalue weighted by atomic mass is 9.98. The van der Waals surface area contributed by atoms with E-state index in [0.29, 0.717) is 19.6 Å². The number of nitrogens with one attached hydrogen (secondary N) is 1. The van der Waals surface area contributed by atoms with Gasteiger partial charge in [0.2, 0.25) is 10.0 Å². The minimum atomic E-state index is -3.37. The summed E-state index contributed by atoms with van der Waals surface area (Å²) in [7, 11) is 2.42. The molecule has 28 heavy (non-hydrogen) atoms. The van der Waals surface area contributed by atoms with Crippen molar-refractivity contribution >= 4 is 15.8 Å². The third-order valence-electron chi connectivity index (χ3n) is 4.93. The third-order valence-corrected chi connectivity index (χ3v) is 6.75. The molecule has 1 atom stereocenters. The molecule has 3 rings (SSSR count). The molecule has 0 radical (unpaired) electrons. The summed E-state index contributed by atoms with van der Waals surface area (Å²) in [4.78, 5) is 11.4. The van der Waals surface area contributed by atoms with Crippen LogP contribution in [-0.2, 0) is 22.3 Å². The second-order valence-electron chi connectivity index (χ2n) is 7.44. The molecule has 1 aromatic carbocycles. The number of rotatable bonds is 7. The first-order valence-corrected chi connectivity index (χ1v) is 11.2. The summed E-state index contributed by atoms with van der Waals surface area (Å²) in [5, 5.41) is 3.13. The molecule has 1 aromatic heterocycles. The number of hydrogen-bond acceptors (Lipinski definition) is 6. The van der Waals surface area contributed by atoms with Gasteiger partial charge in [0.05, 0.1) is 11.4 Å². The Morgan fingerprint density at radius 1 is 1.21 bits per heavy atom. The van der Waals surface area contributed by atoms with Gasteiger partial charge in [-0.25, -0.2) is 22.7 Å². The Labute approximate surface area is 167 Å². The predicted molar refractivity (Wildman–Crippen MR) is 112 cm³/mol. The van der Waals surface area contributed by atoms with Crippen LogP contribution in [0.5, 0.6) is 0 Å². The van der Waals surface area contributed by atoms with Crippen LogP contribution in [0.2, 0.25) is 0 Å². The molecule has 1 fully saturated rings. The maximum atomic E-state index is 12.9. The van der Waals surface area contributed by atoms with E-state index in [1.54, 1.807) is 4.31 Å². The van der Waals surface area contributed by atoms with Crippen LogP contribution in [0, 0.1) is 0 Å². The summed E-state index contributed by atoms with van der Waals surface area (Å²) >= 11 is 0. The van der Waals surface area contributed by atoms with Crippen LogP contribution in [0.15, 0.2) is 36.4 Å². The summed E-state index contributed by atoms with van der Waals surface area (Å²) < 4.78 is 27.5. The van der Waals surface area contributed by atoms with E-state index >= 15 is 0 Å². The van der Waals surface area contributed by atoms with Crippen LogP contribution in [-0.4, -0.2) is 56.9 Å². The fourth-order valence-corrected chi connectivity index (χ4v) is 5.08. The third kappa shape index (κ3) is 5.06. The Kier molecular flexibility index (Phi) is 6.64. The van der Waals surface area contributed by atoms with Crippen LogP contribution in [0.3, 0.4) is 0 Å². The zero-order chi connectivity index (χ0) is 20.1. The maximum Gasteiger partial charge on any atom is 0.218 e. The van der Waals surface area contributed by atoms with Gasteiger partial charge in [0, 0.05) is 45.7 Å². The summed E-state index contributed by atoms with van der Waals surface area (Å²) in [6.07, 6.45) is 1.71. The lowest BCUT2D eigenvalue weighted by molar-refractivity contribution is 0.308. The minimum absolute atomic E-state index is 0.00908. The van der Waals surface area contributed by atoms with E-state index in [1.807, 2.05) is 62.4 Å². The second-order valence-corrected chi connectivity index (χ2v) is 9.41. The topological polar surface area (TPSA) is 78.4 Å². The van der Waals surface area contributed by atoms with E-state index in [1.165, 1.54) is 0 Å². The zero-order valence-electron chi connectivity index (χ0n) is 16.8. The number of nitrogens with zero attached hydrogens (tertiary/aromatic N) is 4. The SMILES string of the molecule is CNCc1cc(N(C)C)nc([C@@H]2CCCN(S(=O)(=O)Cc3ccccc3)C2)n1. The predicted octanol–water partition coefficient (Wildman–Crippen LogP) is 1.97. The molecular weight excluding hydrogens is 374 g/mol. The molecule has 8 heteroatoms. The molecule has 0 saturated carbocycles. The second kappa shape index (κ2) is 8.98. The Balaban J connectivity index is 1.81. The molecule has 2 heterocycles. The van der Waals surface area contributed by atoms with E-state index < -0.39 is 10.0 Å². The van der Waals surface area contributed by atoms with E-state index in [4.69, 9.17) is 9.97 Å². The van der Waals surface area contributed by atoms with Crippen molar-refractivity contribution < 1.29 is 8.42 Å². The highest BCUT2D eigenvalue weighted by atomic mass is 32.2. The van der Waals surface area contributed by atoms with Gasteiger partial charge in [-0.15, -0.1) is 0 Å². The molecule has 1 N–H and O–H groups in total. The van der Waals surface area contributed by atoms with Crippen molar-refractivity contribution in [3.8, 4) is 0 Å². The highest BCUT2D eigenvalue weighted by Gasteiger charge is 2.31. The summed E-state index contributed by atoms with van der Waals surface area (Å²) in [5.74, 6) is 1.62. The highest BCUT2D eigenvalue weighted by molar-refractivity contribution is 7.88. The van der Waals surface area contributed by atoms with Gasteiger partial charge in [0.25, 0.3) is 0 Å². The fourth-order valence-electron chi connectivity index (χ4n) is 3.47. The van der Waals surface area contributed by atoms with Crippen molar-refractivity contribution in [2.75, 3.05) is 39.1 Å². The van der Waals surface area contributed by atoms with Gasteiger partial charge in [-0.2, -0.15) is 0 Å². The molecule has 1 aliphatic rings. The number of piperidine rings is 1. The van der Waals surface area contributed by atoms with Crippen LogP contribution >= 0.6 is 0 Å². The molecule has 7 nitrogen and oxygen atoms in total. The van der Waals surface area contributed by atoms with Crippen molar-refractivity contribution in [3.63, 3.8) is 0 Å². The van der Waals surface area contributed by atoms with E-state index in [-0.39, 0.29) is 11.7 Å². The first-order valence-electron chi connectivity index (χ1n) is 9.60. The number of aromatic nitrogens is 2. The monoisotopic (exact) mass is 403 g/mol. The zero-order valence-corrected chi connectivity index (χ0v) is 17.6.